The van der Waals surface area contributed by atoms with Crippen molar-refractivity contribution in [2.24, 2.45) is 0 Å². The summed E-state index contributed by atoms with van der Waals surface area (Å²) in [6.07, 6.45) is 5.63. The molecule has 1 aromatic carbocycles. The van der Waals surface area contributed by atoms with E-state index >= 15 is 0 Å². The maximum Gasteiger partial charge on any atom is 0.303 e. The highest BCUT2D eigenvalue weighted by Crippen LogP contribution is 2.26. The molecule has 0 amide bonds. The SMILES string of the molecule is CCCCCCC(OC(C)=O)c1ccccc1C. The van der Waals surface area contributed by atoms with E-state index in [0.717, 1.165) is 18.4 Å². The van der Waals surface area contributed by atoms with Crippen LogP contribution in [0.5, 0.6) is 0 Å². The minimum Gasteiger partial charge on any atom is -0.458 e. The summed E-state index contributed by atoms with van der Waals surface area (Å²) >= 11 is 0. The first-order chi connectivity index (χ1) is 8.65. The molecule has 0 aliphatic carbocycles. The van der Waals surface area contributed by atoms with E-state index in [-0.39, 0.29) is 12.1 Å². The van der Waals surface area contributed by atoms with Crippen molar-refractivity contribution >= 4 is 5.97 Å². The van der Waals surface area contributed by atoms with E-state index in [9.17, 15) is 4.79 Å². The van der Waals surface area contributed by atoms with Crippen molar-refractivity contribution < 1.29 is 9.53 Å². The van der Waals surface area contributed by atoms with Crippen molar-refractivity contribution in [2.75, 3.05) is 0 Å². The monoisotopic (exact) mass is 248 g/mol. The van der Waals surface area contributed by atoms with E-state index in [2.05, 4.69) is 26.0 Å². The highest BCUT2D eigenvalue weighted by Gasteiger charge is 2.15. The fraction of sp³-hybridized carbons (Fsp3) is 0.562. The van der Waals surface area contributed by atoms with Gasteiger partial charge in [0, 0.05) is 6.92 Å². The molecule has 1 aromatic rings. The molecule has 1 atom stereocenters. The van der Waals surface area contributed by atoms with Crippen LogP contribution in [0.3, 0.4) is 0 Å². The van der Waals surface area contributed by atoms with Crippen LogP contribution in [0.15, 0.2) is 24.3 Å². The molecule has 0 N–H and O–H groups in total. The van der Waals surface area contributed by atoms with E-state index in [0.29, 0.717) is 0 Å². The molecule has 0 spiro atoms. The van der Waals surface area contributed by atoms with E-state index in [1.54, 1.807) is 0 Å². The Hall–Kier alpha value is -1.31. The van der Waals surface area contributed by atoms with Gasteiger partial charge in [-0.25, -0.2) is 0 Å². The summed E-state index contributed by atoms with van der Waals surface area (Å²) in [6.45, 7) is 5.75. The van der Waals surface area contributed by atoms with Crippen molar-refractivity contribution in [2.45, 2.75) is 59.0 Å². The third-order valence-electron chi connectivity index (χ3n) is 3.16. The molecule has 1 rings (SSSR count). The number of hydrogen-bond acceptors (Lipinski definition) is 2. The quantitative estimate of drug-likeness (QED) is 0.522. The minimum absolute atomic E-state index is 0.0828. The standard InChI is InChI=1S/C16H24O2/c1-4-5-6-7-12-16(18-14(3)17)15-11-9-8-10-13(15)2/h8-11,16H,4-7,12H2,1-3H3. The molecular formula is C16H24O2. The molecular weight excluding hydrogens is 224 g/mol. The first-order valence-electron chi connectivity index (χ1n) is 6.88. The fourth-order valence-corrected chi connectivity index (χ4v) is 2.18. The molecule has 0 aromatic heterocycles. The van der Waals surface area contributed by atoms with Crippen LogP contribution in [0.25, 0.3) is 0 Å². The first-order valence-corrected chi connectivity index (χ1v) is 6.88. The number of esters is 1. The van der Waals surface area contributed by atoms with Crippen LogP contribution >= 0.6 is 0 Å². The Kier molecular flexibility index (Phi) is 6.48. The second-order valence-electron chi connectivity index (χ2n) is 4.80. The summed E-state index contributed by atoms with van der Waals surface area (Å²) in [6, 6.07) is 8.15. The van der Waals surface area contributed by atoms with Gasteiger partial charge in [0.15, 0.2) is 0 Å². The third kappa shape index (κ3) is 4.91. The van der Waals surface area contributed by atoms with Crippen molar-refractivity contribution in [3.8, 4) is 0 Å². The summed E-state index contributed by atoms with van der Waals surface area (Å²) in [7, 11) is 0. The zero-order valence-corrected chi connectivity index (χ0v) is 11.7. The average Bonchev–Trinajstić information content (AvgIpc) is 2.33. The molecule has 0 aliphatic heterocycles. The van der Waals surface area contributed by atoms with Crippen molar-refractivity contribution in [1.82, 2.24) is 0 Å². The number of aryl methyl sites for hydroxylation is 1. The third-order valence-corrected chi connectivity index (χ3v) is 3.16. The van der Waals surface area contributed by atoms with Crippen LogP contribution in [0.2, 0.25) is 0 Å². The topological polar surface area (TPSA) is 26.3 Å². The lowest BCUT2D eigenvalue weighted by Gasteiger charge is -2.19. The minimum atomic E-state index is -0.196. The lowest BCUT2D eigenvalue weighted by atomic mass is 9.98. The predicted octanol–water partition coefficient (Wildman–Crippen LogP) is 4.57. The molecule has 0 fully saturated rings. The zero-order valence-electron chi connectivity index (χ0n) is 11.7. The van der Waals surface area contributed by atoms with Gasteiger partial charge in [-0.15, -0.1) is 0 Å². The van der Waals surface area contributed by atoms with Gasteiger partial charge in [-0.3, -0.25) is 4.79 Å². The molecule has 0 radical (unpaired) electrons. The summed E-state index contributed by atoms with van der Waals surface area (Å²) in [4.78, 5) is 11.2. The number of unbranched alkanes of at least 4 members (excludes halogenated alkanes) is 3. The van der Waals surface area contributed by atoms with E-state index in [4.69, 9.17) is 4.74 Å². The van der Waals surface area contributed by atoms with Crippen LogP contribution in [-0.4, -0.2) is 5.97 Å². The molecule has 2 heteroatoms. The number of carbonyl (C=O) groups excluding carboxylic acids is 1. The first kappa shape index (κ1) is 14.7. The van der Waals surface area contributed by atoms with Gasteiger partial charge in [0.1, 0.15) is 6.10 Å². The van der Waals surface area contributed by atoms with Gasteiger partial charge in [0.2, 0.25) is 0 Å². The molecule has 2 nitrogen and oxygen atoms in total. The molecule has 0 aliphatic rings. The molecule has 0 bridgehead atoms. The van der Waals surface area contributed by atoms with Gasteiger partial charge in [0.25, 0.3) is 0 Å². The Labute approximate surface area is 110 Å². The van der Waals surface area contributed by atoms with Crippen LogP contribution in [0.4, 0.5) is 0 Å². The van der Waals surface area contributed by atoms with Gasteiger partial charge in [0.05, 0.1) is 0 Å². The molecule has 0 saturated heterocycles. The maximum atomic E-state index is 11.2. The van der Waals surface area contributed by atoms with Gasteiger partial charge < -0.3 is 4.74 Å². The Morgan fingerprint density at radius 1 is 1.22 bits per heavy atom. The van der Waals surface area contributed by atoms with E-state index < -0.39 is 0 Å². The highest BCUT2D eigenvalue weighted by molar-refractivity contribution is 5.66. The average molecular weight is 248 g/mol. The number of benzene rings is 1. The summed E-state index contributed by atoms with van der Waals surface area (Å²) < 4.78 is 5.46. The van der Waals surface area contributed by atoms with Crippen molar-refractivity contribution in [3.05, 3.63) is 35.4 Å². The lowest BCUT2D eigenvalue weighted by molar-refractivity contribution is -0.147. The van der Waals surface area contributed by atoms with Crippen LogP contribution in [-0.2, 0) is 9.53 Å². The van der Waals surface area contributed by atoms with E-state index in [1.165, 1.54) is 31.7 Å². The predicted molar refractivity (Wildman–Crippen MR) is 74.4 cm³/mol. The normalized spacial score (nSPS) is 12.2. The number of ether oxygens (including phenoxy) is 1. The summed E-state index contributed by atoms with van der Waals surface area (Å²) in [5.74, 6) is -0.196. The highest BCUT2D eigenvalue weighted by atomic mass is 16.5. The lowest BCUT2D eigenvalue weighted by Crippen LogP contribution is -2.10. The second kappa shape index (κ2) is 7.91. The fourth-order valence-electron chi connectivity index (χ4n) is 2.18. The van der Waals surface area contributed by atoms with Crippen molar-refractivity contribution in [1.29, 1.82) is 0 Å². The number of rotatable bonds is 7. The van der Waals surface area contributed by atoms with Gasteiger partial charge >= 0.3 is 5.97 Å². The maximum absolute atomic E-state index is 11.2. The van der Waals surface area contributed by atoms with Crippen molar-refractivity contribution in [3.63, 3.8) is 0 Å². The largest absolute Gasteiger partial charge is 0.458 e. The summed E-state index contributed by atoms with van der Waals surface area (Å²) in [5, 5.41) is 0. The Morgan fingerprint density at radius 2 is 1.94 bits per heavy atom. The second-order valence-corrected chi connectivity index (χ2v) is 4.80. The van der Waals surface area contributed by atoms with Crippen LogP contribution in [0.1, 0.15) is 63.2 Å². The molecule has 0 saturated carbocycles. The number of hydrogen-bond donors (Lipinski definition) is 0. The molecule has 1 unspecified atom stereocenters. The molecule has 0 heterocycles. The molecule has 100 valence electrons. The van der Waals surface area contributed by atoms with Gasteiger partial charge in [-0.05, 0) is 30.9 Å². The van der Waals surface area contributed by atoms with E-state index in [1.807, 2.05) is 12.1 Å². The molecule has 18 heavy (non-hydrogen) atoms. The smallest absolute Gasteiger partial charge is 0.303 e. The number of carbonyl (C=O) groups is 1. The van der Waals surface area contributed by atoms with Crippen LogP contribution in [0, 0.1) is 6.92 Å². The Balaban J connectivity index is 2.66. The Bertz CT molecular complexity index is 371. The van der Waals surface area contributed by atoms with Gasteiger partial charge in [-0.1, -0.05) is 50.5 Å². The Morgan fingerprint density at radius 3 is 2.56 bits per heavy atom. The summed E-state index contributed by atoms with van der Waals surface area (Å²) in [5.41, 5.74) is 2.34. The zero-order chi connectivity index (χ0) is 13.4. The van der Waals surface area contributed by atoms with Crippen LogP contribution < -0.4 is 0 Å². The van der Waals surface area contributed by atoms with Gasteiger partial charge in [-0.2, -0.15) is 0 Å².